The smallest absolute Gasteiger partial charge is 0.292 e. The molecule has 0 N–H and O–H groups in total. The summed E-state index contributed by atoms with van der Waals surface area (Å²) in [5.41, 5.74) is 0.769. The Balaban J connectivity index is 1.84. The molecule has 4 heteroatoms. The second kappa shape index (κ2) is 4.41. The lowest BCUT2D eigenvalue weighted by Crippen LogP contribution is -2.42. The average Bonchev–Trinajstić information content (AvgIpc) is 2.91. The number of rotatable bonds is 1. The zero-order valence-corrected chi connectivity index (χ0v) is 11.1. The van der Waals surface area contributed by atoms with E-state index < -0.39 is 0 Å². The highest BCUT2D eigenvalue weighted by atomic mass is 16.5. The van der Waals surface area contributed by atoms with Gasteiger partial charge in [-0.05, 0) is 39.0 Å². The number of carbonyl (C=O) groups is 1. The first-order chi connectivity index (χ1) is 8.66. The first kappa shape index (κ1) is 11.8. The van der Waals surface area contributed by atoms with Crippen LogP contribution in [0.3, 0.4) is 0 Å². The van der Waals surface area contributed by atoms with Crippen molar-refractivity contribution in [3.05, 3.63) is 17.5 Å². The predicted molar refractivity (Wildman–Crippen MR) is 67.2 cm³/mol. The molecule has 0 bridgehead atoms. The second-order valence-corrected chi connectivity index (χ2v) is 5.74. The monoisotopic (exact) mass is 248 g/mol. The second-order valence-electron chi connectivity index (χ2n) is 5.74. The van der Waals surface area contributed by atoms with Crippen LogP contribution in [0.2, 0.25) is 0 Å². The molecule has 3 atom stereocenters. The highest BCUT2D eigenvalue weighted by molar-refractivity contribution is 5.92. The summed E-state index contributed by atoms with van der Waals surface area (Å²) in [5.74, 6) is 1.12. The summed E-state index contributed by atoms with van der Waals surface area (Å²) in [4.78, 5) is 14.6. The van der Waals surface area contributed by atoms with Gasteiger partial charge in [-0.2, -0.15) is 0 Å². The molecule has 0 radical (unpaired) electrons. The molecule has 0 aromatic carbocycles. The number of hydrogen-bond acceptors (Lipinski definition) is 3. The third-order valence-corrected chi connectivity index (χ3v) is 4.42. The number of nitrogens with zero attached hydrogens (tertiary/aromatic N) is 2. The molecule has 2 heterocycles. The molecule has 1 saturated carbocycles. The maximum absolute atomic E-state index is 12.5. The van der Waals surface area contributed by atoms with Crippen LogP contribution in [0.4, 0.5) is 0 Å². The van der Waals surface area contributed by atoms with Crippen molar-refractivity contribution in [1.29, 1.82) is 0 Å². The van der Waals surface area contributed by atoms with Crippen LogP contribution in [0.1, 0.15) is 55.3 Å². The Morgan fingerprint density at radius 2 is 2.22 bits per heavy atom. The number of likely N-dealkylation sites (tertiary alicyclic amines) is 1. The largest absolute Gasteiger partial charge is 0.351 e. The molecular weight excluding hydrogens is 228 g/mol. The molecule has 3 rings (SSSR count). The molecule has 1 amide bonds. The van der Waals surface area contributed by atoms with Gasteiger partial charge >= 0.3 is 0 Å². The van der Waals surface area contributed by atoms with Crippen molar-refractivity contribution in [2.75, 3.05) is 0 Å². The van der Waals surface area contributed by atoms with Crippen molar-refractivity contribution < 1.29 is 9.32 Å². The number of hydrogen-bond donors (Lipinski definition) is 0. The number of fused-ring (bicyclic) bond motifs is 1. The van der Waals surface area contributed by atoms with Crippen LogP contribution in [0, 0.1) is 12.8 Å². The van der Waals surface area contributed by atoms with E-state index in [9.17, 15) is 4.79 Å². The summed E-state index contributed by atoms with van der Waals surface area (Å²) >= 11 is 0. The van der Waals surface area contributed by atoms with Crippen LogP contribution < -0.4 is 0 Å². The summed E-state index contributed by atoms with van der Waals surface area (Å²) < 4.78 is 5.13. The molecule has 2 aliphatic rings. The van der Waals surface area contributed by atoms with E-state index >= 15 is 0 Å². The average molecular weight is 248 g/mol. The van der Waals surface area contributed by atoms with Gasteiger partial charge in [-0.3, -0.25) is 4.79 Å². The number of aromatic nitrogens is 1. The third-order valence-electron chi connectivity index (χ3n) is 4.42. The van der Waals surface area contributed by atoms with Crippen molar-refractivity contribution in [1.82, 2.24) is 10.1 Å². The van der Waals surface area contributed by atoms with Gasteiger partial charge in [0.1, 0.15) is 0 Å². The minimum atomic E-state index is 0.0255. The Morgan fingerprint density at radius 1 is 1.44 bits per heavy atom. The molecule has 1 aliphatic carbocycles. The number of aryl methyl sites for hydroxylation is 1. The molecule has 4 nitrogen and oxygen atoms in total. The van der Waals surface area contributed by atoms with Gasteiger partial charge in [-0.1, -0.05) is 18.0 Å². The quantitative estimate of drug-likeness (QED) is 0.767. The van der Waals surface area contributed by atoms with Gasteiger partial charge in [-0.15, -0.1) is 0 Å². The Kier molecular flexibility index (Phi) is 2.88. The van der Waals surface area contributed by atoms with Crippen molar-refractivity contribution in [2.24, 2.45) is 5.92 Å². The number of carbonyl (C=O) groups excluding carboxylic acids is 1. The first-order valence-electron chi connectivity index (χ1n) is 6.93. The molecule has 2 fully saturated rings. The van der Waals surface area contributed by atoms with Crippen LogP contribution in [0.15, 0.2) is 10.6 Å². The molecule has 1 aliphatic heterocycles. The van der Waals surface area contributed by atoms with Crippen LogP contribution in [0.5, 0.6) is 0 Å². The minimum absolute atomic E-state index is 0.0255. The van der Waals surface area contributed by atoms with Crippen LogP contribution in [-0.4, -0.2) is 28.0 Å². The Labute approximate surface area is 107 Å². The van der Waals surface area contributed by atoms with Gasteiger partial charge in [0.25, 0.3) is 5.91 Å². The van der Waals surface area contributed by atoms with E-state index in [2.05, 4.69) is 12.1 Å². The van der Waals surface area contributed by atoms with Crippen LogP contribution in [-0.2, 0) is 0 Å². The fourth-order valence-corrected chi connectivity index (χ4v) is 3.65. The van der Waals surface area contributed by atoms with Gasteiger partial charge < -0.3 is 9.42 Å². The highest BCUT2D eigenvalue weighted by Gasteiger charge is 2.43. The molecule has 1 saturated heterocycles. The van der Waals surface area contributed by atoms with Gasteiger partial charge in [0.05, 0.1) is 5.69 Å². The molecule has 18 heavy (non-hydrogen) atoms. The zero-order valence-electron chi connectivity index (χ0n) is 11.1. The zero-order chi connectivity index (χ0) is 12.7. The lowest BCUT2D eigenvalue weighted by molar-refractivity contribution is 0.0591. The maximum Gasteiger partial charge on any atom is 0.292 e. The fourth-order valence-electron chi connectivity index (χ4n) is 3.65. The summed E-state index contributed by atoms with van der Waals surface area (Å²) in [6, 6.07) is 2.49. The first-order valence-corrected chi connectivity index (χ1v) is 6.93. The lowest BCUT2D eigenvalue weighted by Gasteiger charge is -2.32. The molecule has 98 valence electrons. The van der Waals surface area contributed by atoms with Gasteiger partial charge in [0.15, 0.2) is 0 Å². The van der Waals surface area contributed by atoms with E-state index in [4.69, 9.17) is 4.52 Å². The van der Waals surface area contributed by atoms with E-state index in [1.165, 1.54) is 19.3 Å². The summed E-state index contributed by atoms with van der Waals surface area (Å²) in [6.45, 7) is 4.00. The summed E-state index contributed by atoms with van der Waals surface area (Å²) in [6.07, 6.45) is 6.12. The normalized spacial score (nSPS) is 31.4. The van der Waals surface area contributed by atoms with Gasteiger partial charge in [-0.25, -0.2) is 0 Å². The number of amides is 1. The molecule has 1 aromatic rings. The van der Waals surface area contributed by atoms with E-state index in [0.29, 0.717) is 23.8 Å². The minimum Gasteiger partial charge on any atom is -0.351 e. The molecular formula is C14H20N2O2. The van der Waals surface area contributed by atoms with Gasteiger partial charge in [0.2, 0.25) is 5.76 Å². The molecule has 0 spiro atoms. The van der Waals surface area contributed by atoms with Crippen molar-refractivity contribution in [3.8, 4) is 0 Å². The van der Waals surface area contributed by atoms with Crippen molar-refractivity contribution >= 4 is 5.91 Å². The van der Waals surface area contributed by atoms with Crippen molar-refractivity contribution in [3.63, 3.8) is 0 Å². The standard InChI is InChI=1S/C14H20N2O2/c1-9-7-13(18-15-9)14(17)16-10(2)8-11-5-3-4-6-12(11)16/h7,10-12H,3-6,8H2,1-2H3. The van der Waals surface area contributed by atoms with Crippen LogP contribution >= 0.6 is 0 Å². The van der Waals surface area contributed by atoms with E-state index in [1.54, 1.807) is 6.07 Å². The highest BCUT2D eigenvalue weighted by Crippen LogP contribution is 2.40. The van der Waals surface area contributed by atoms with Crippen LogP contribution in [0.25, 0.3) is 0 Å². The lowest BCUT2D eigenvalue weighted by atomic mass is 9.85. The predicted octanol–water partition coefficient (Wildman–Crippen LogP) is 2.78. The molecule has 3 unspecified atom stereocenters. The third kappa shape index (κ3) is 1.84. The fraction of sp³-hybridized carbons (Fsp3) is 0.714. The summed E-state index contributed by atoms with van der Waals surface area (Å²) in [7, 11) is 0. The Morgan fingerprint density at radius 3 is 2.94 bits per heavy atom. The summed E-state index contributed by atoms with van der Waals surface area (Å²) in [5, 5.41) is 3.82. The molecule has 1 aromatic heterocycles. The van der Waals surface area contributed by atoms with Crippen molar-refractivity contribution in [2.45, 2.75) is 58.0 Å². The maximum atomic E-state index is 12.5. The Bertz CT molecular complexity index is 454. The van der Waals surface area contributed by atoms with E-state index in [-0.39, 0.29) is 5.91 Å². The Hall–Kier alpha value is -1.32. The van der Waals surface area contributed by atoms with E-state index in [0.717, 1.165) is 18.5 Å². The SMILES string of the molecule is Cc1cc(C(=O)N2C(C)CC3CCCCC32)on1. The van der Waals surface area contributed by atoms with E-state index in [1.807, 2.05) is 11.8 Å². The van der Waals surface area contributed by atoms with Gasteiger partial charge in [0, 0.05) is 18.2 Å². The topological polar surface area (TPSA) is 46.3 Å².